The van der Waals surface area contributed by atoms with Crippen LogP contribution in [0.15, 0.2) is 48.5 Å². The number of rotatable bonds is 4. The van der Waals surface area contributed by atoms with E-state index < -0.39 is 0 Å². The average Bonchev–Trinajstić information content (AvgIpc) is 2.48. The molecule has 0 saturated carbocycles. The van der Waals surface area contributed by atoms with Crippen LogP contribution >= 0.6 is 0 Å². The van der Waals surface area contributed by atoms with E-state index in [1.807, 2.05) is 18.2 Å². The van der Waals surface area contributed by atoms with Crippen LogP contribution < -0.4 is 0 Å². The number of hydrogen-bond acceptors (Lipinski definition) is 1. The monoisotopic (exact) mass is 249 g/mol. The van der Waals surface area contributed by atoms with Gasteiger partial charge in [-0.05, 0) is 41.2 Å². The predicted molar refractivity (Wildman–Crippen MR) is 79.8 cm³/mol. The fraction of sp³-hybridized carbons (Fsp3) is 0.278. The van der Waals surface area contributed by atoms with Gasteiger partial charge in [-0.3, -0.25) is 0 Å². The van der Waals surface area contributed by atoms with Crippen molar-refractivity contribution in [2.75, 3.05) is 0 Å². The first-order chi connectivity index (χ1) is 9.24. The van der Waals surface area contributed by atoms with E-state index in [4.69, 9.17) is 5.26 Å². The smallest absolute Gasteiger partial charge is 0.0991 e. The van der Waals surface area contributed by atoms with Crippen LogP contribution in [0.3, 0.4) is 0 Å². The first-order valence-electron chi connectivity index (χ1n) is 6.83. The fourth-order valence-corrected chi connectivity index (χ4v) is 2.25. The summed E-state index contributed by atoms with van der Waals surface area (Å²) >= 11 is 0. The second-order valence-corrected chi connectivity index (χ2v) is 5.07. The van der Waals surface area contributed by atoms with Crippen molar-refractivity contribution in [1.82, 2.24) is 0 Å². The molecule has 0 aromatic heterocycles. The summed E-state index contributed by atoms with van der Waals surface area (Å²) in [6, 6.07) is 18.6. The minimum Gasteiger partial charge on any atom is -0.192 e. The molecular formula is C18H19N. The summed E-state index contributed by atoms with van der Waals surface area (Å²) < 4.78 is 0. The van der Waals surface area contributed by atoms with Crippen molar-refractivity contribution < 1.29 is 0 Å². The topological polar surface area (TPSA) is 23.8 Å². The lowest BCUT2D eigenvalue weighted by atomic mass is 9.91. The Kier molecular flexibility index (Phi) is 4.36. The van der Waals surface area contributed by atoms with Crippen molar-refractivity contribution in [2.24, 2.45) is 5.92 Å². The van der Waals surface area contributed by atoms with Gasteiger partial charge < -0.3 is 0 Å². The summed E-state index contributed by atoms with van der Waals surface area (Å²) in [5.74, 6) is 0.636. The van der Waals surface area contributed by atoms with Gasteiger partial charge in [0.1, 0.15) is 0 Å². The third-order valence-corrected chi connectivity index (χ3v) is 3.58. The van der Waals surface area contributed by atoms with Crippen LogP contribution in [0.25, 0.3) is 11.1 Å². The first kappa shape index (κ1) is 13.4. The van der Waals surface area contributed by atoms with Gasteiger partial charge in [0.2, 0.25) is 0 Å². The second kappa shape index (κ2) is 6.20. The van der Waals surface area contributed by atoms with Crippen LogP contribution in [0.4, 0.5) is 0 Å². The number of nitriles is 1. The van der Waals surface area contributed by atoms with E-state index >= 15 is 0 Å². The summed E-state index contributed by atoms with van der Waals surface area (Å²) in [6.45, 7) is 4.47. The van der Waals surface area contributed by atoms with Crippen LogP contribution in [0.2, 0.25) is 0 Å². The molecule has 1 unspecified atom stereocenters. The largest absolute Gasteiger partial charge is 0.192 e. The molecule has 1 nitrogen and oxygen atoms in total. The summed E-state index contributed by atoms with van der Waals surface area (Å²) in [5, 5.41) is 9.06. The summed E-state index contributed by atoms with van der Waals surface area (Å²) in [7, 11) is 0. The van der Waals surface area contributed by atoms with Gasteiger partial charge in [-0.25, -0.2) is 0 Å². The molecule has 0 aliphatic heterocycles. The lowest BCUT2D eigenvalue weighted by Gasteiger charge is -2.14. The maximum atomic E-state index is 9.06. The molecule has 0 heterocycles. The quantitative estimate of drug-likeness (QED) is 0.762. The average molecular weight is 249 g/mol. The van der Waals surface area contributed by atoms with Crippen LogP contribution in [0.5, 0.6) is 0 Å². The van der Waals surface area contributed by atoms with Crippen molar-refractivity contribution in [1.29, 1.82) is 5.26 Å². The lowest BCUT2D eigenvalue weighted by molar-refractivity contribution is 0.561. The van der Waals surface area contributed by atoms with Crippen LogP contribution in [-0.2, 0) is 6.42 Å². The predicted octanol–water partition coefficient (Wildman–Crippen LogP) is 4.81. The van der Waals surface area contributed by atoms with Crippen molar-refractivity contribution in [2.45, 2.75) is 26.7 Å². The molecule has 96 valence electrons. The van der Waals surface area contributed by atoms with E-state index in [9.17, 15) is 0 Å². The highest BCUT2D eigenvalue weighted by Crippen LogP contribution is 2.27. The van der Waals surface area contributed by atoms with Gasteiger partial charge in [-0.1, -0.05) is 56.7 Å². The molecule has 0 aliphatic carbocycles. The molecule has 0 fully saturated rings. The van der Waals surface area contributed by atoms with Gasteiger partial charge in [0.05, 0.1) is 11.6 Å². The molecule has 1 heteroatoms. The highest BCUT2D eigenvalue weighted by molar-refractivity contribution is 5.68. The molecule has 2 rings (SSSR count). The molecule has 1 atom stereocenters. The highest BCUT2D eigenvalue weighted by atomic mass is 14.2. The minimum absolute atomic E-state index is 0.636. The molecule has 0 bridgehead atoms. The second-order valence-electron chi connectivity index (χ2n) is 5.07. The SMILES string of the molecule is CCC(C)Cc1cc(C#N)ccc1-c1ccccc1. The van der Waals surface area contributed by atoms with Crippen LogP contribution in [-0.4, -0.2) is 0 Å². The van der Waals surface area contributed by atoms with Crippen molar-refractivity contribution in [3.63, 3.8) is 0 Å². The number of nitrogens with zero attached hydrogens (tertiary/aromatic N) is 1. The zero-order valence-electron chi connectivity index (χ0n) is 11.6. The minimum atomic E-state index is 0.636. The molecule has 0 amide bonds. The van der Waals surface area contributed by atoms with Crippen LogP contribution in [0.1, 0.15) is 31.4 Å². The Morgan fingerprint density at radius 3 is 2.47 bits per heavy atom. The highest BCUT2D eigenvalue weighted by Gasteiger charge is 2.09. The Morgan fingerprint density at radius 2 is 1.84 bits per heavy atom. The van der Waals surface area contributed by atoms with E-state index in [1.54, 1.807) is 0 Å². The summed E-state index contributed by atoms with van der Waals surface area (Å²) in [5.41, 5.74) is 4.50. The van der Waals surface area contributed by atoms with Gasteiger partial charge in [-0.15, -0.1) is 0 Å². The first-order valence-corrected chi connectivity index (χ1v) is 6.83. The molecule has 0 aliphatic rings. The molecule has 0 N–H and O–H groups in total. The van der Waals surface area contributed by atoms with Gasteiger partial charge in [0, 0.05) is 0 Å². The number of benzene rings is 2. The molecule has 19 heavy (non-hydrogen) atoms. The summed E-state index contributed by atoms with van der Waals surface area (Å²) in [4.78, 5) is 0. The zero-order valence-corrected chi connectivity index (χ0v) is 11.6. The molecule has 0 radical (unpaired) electrons. The molecule has 2 aromatic carbocycles. The summed E-state index contributed by atoms with van der Waals surface area (Å²) in [6.07, 6.45) is 2.18. The van der Waals surface area contributed by atoms with Gasteiger partial charge in [-0.2, -0.15) is 5.26 Å². The van der Waals surface area contributed by atoms with Crippen LogP contribution in [0, 0.1) is 17.2 Å². The third kappa shape index (κ3) is 3.23. The molecule has 0 spiro atoms. The van der Waals surface area contributed by atoms with E-state index in [2.05, 4.69) is 50.2 Å². The van der Waals surface area contributed by atoms with E-state index in [1.165, 1.54) is 16.7 Å². The zero-order chi connectivity index (χ0) is 13.7. The maximum Gasteiger partial charge on any atom is 0.0991 e. The molecular weight excluding hydrogens is 230 g/mol. The molecule has 2 aromatic rings. The maximum absolute atomic E-state index is 9.06. The van der Waals surface area contributed by atoms with E-state index in [0.717, 1.165) is 18.4 Å². The van der Waals surface area contributed by atoms with Crippen molar-refractivity contribution >= 4 is 0 Å². The Morgan fingerprint density at radius 1 is 1.11 bits per heavy atom. The van der Waals surface area contributed by atoms with Crippen molar-refractivity contribution in [3.8, 4) is 17.2 Å². The van der Waals surface area contributed by atoms with E-state index in [0.29, 0.717) is 5.92 Å². The fourth-order valence-electron chi connectivity index (χ4n) is 2.25. The number of hydrogen-bond donors (Lipinski definition) is 0. The Labute approximate surface area is 115 Å². The molecule has 0 saturated heterocycles. The van der Waals surface area contributed by atoms with Gasteiger partial charge in [0.15, 0.2) is 0 Å². The third-order valence-electron chi connectivity index (χ3n) is 3.58. The Bertz CT molecular complexity index is 578. The van der Waals surface area contributed by atoms with E-state index in [-0.39, 0.29) is 0 Å². The standard InChI is InChI=1S/C18H19N/c1-3-14(2)11-17-12-15(13-19)9-10-18(17)16-7-5-4-6-8-16/h4-10,12,14H,3,11H2,1-2H3. The Hall–Kier alpha value is -2.07. The van der Waals surface area contributed by atoms with Gasteiger partial charge >= 0.3 is 0 Å². The Balaban J connectivity index is 2.45. The normalized spacial score (nSPS) is 11.8. The lowest BCUT2D eigenvalue weighted by Crippen LogP contribution is -2.00. The van der Waals surface area contributed by atoms with Gasteiger partial charge in [0.25, 0.3) is 0 Å². The van der Waals surface area contributed by atoms with Crippen molar-refractivity contribution in [3.05, 3.63) is 59.7 Å².